The van der Waals surface area contributed by atoms with Crippen LogP contribution in [0.3, 0.4) is 0 Å². The number of rotatable bonds is 9. The van der Waals surface area contributed by atoms with Gasteiger partial charge in [-0.1, -0.05) is 42.5 Å². The van der Waals surface area contributed by atoms with Crippen molar-refractivity contribution in [3.05, 3.63) is 127 Å². The second kappa shape index (κ2) is 11.9. The Labute approximate surface area is 252 Å². The molecule has 0 radical (unpaired) electrons. The molecule has 0 fully saturated rings. The molecule has 16 heteroatoms. The minimum atomic E-state index is -0.971. The van der Waals surface area contributed by atoms with Gasteiger partial charge in [-0.2, -0.15) is 0 Å². The fourth-order valence-corrected chi connectivity index (χ4v) is 4.33. The van der Waals surface area contributed by atoms with Gasteiger partial charge in [0.2, 0.25) is 17.3 Å². The predicted octanol–water partition coefficient (Wildman–Crippen LogP) is 4.91. The fourth-order valence-electron chi connectivity index (χ4n) is 4.33. The summed E-state index contributed by atoms with van der Waals surface area (Å²) in [6.45, 7) is 0. The van der Waals surface area contributed by atoms with Crippen LogP contribution in [0.5, 0.6) is 23.0 Å². The van der Waals surface area contributed by atoms with Crippen molar-refractivity contribution < 1.29 is 48.7 Å². The lowest BCUT2D eigenvalue weighted by Gasteiger charge is -2.22. The second-order valence-electron chi connectivity index (χ2n) is 9.46. The van der Waals surface area contributed by atoms with Gasteiger partial charge in [0.05, 0.1) is 40.6 Å². The van der Waals surface area contributed by atoms with Crippen LogP contribution in [0.4, 0.5) is 11.4 Å². The molecule has 0 aromatic heterocycles. The third-order valence-corrected chi connectivity index (χ3v) is 6.43. The zero-order valence-corrected chi connectivity index (χ0v) is 23.3. The van der Waals surface area contributed by atoms with Crippen LogP contribution < -0.4 is 14.3 Å². The Hall–Kier alpha value is -6.71. The first kappa shape index (κ1) is 29.8. The van der Waals surface area contributed by atoms with Crippen LogP contribution in [0.15, 0.2) is 84.1 Å². The third kappa shape index (κ3) is 5.70. The normalized spacial score (nSPS) is 12.1. The van der Waals surface area contributed by atoms with E-state index in [9.17, 15) is 39.8 Å². The number of nitro groups is 2. The van der Waals surface area contributed by atoms with Crippen molar-refractivity contribution in [2.45, 2.75) is 0 Å². The second-order valence-corrected chi connectivity index (χ2v) is 9.46. The third-order valence-electron chi connectivity index (χ3n) is 6.43. The van der Waals surface area contributed by atoms with Gasteiger partial charge in [-0.3, -0.25) is 34.7 Å². The number of hydrogen-bond acceptors (Lipinski definition) is 11. The van der Waals surface area contributed by atoms with Crippen molar-refractivity contribution >= 4 is 28.9 Å². The molecule has 1 N–H and O–H groups in total. The smallest absolute Gasteiger partial charge is 0.343 e. The summed E-state index contributed by atoms with van der Waals surface area (Å²) in [6, 6.07) is 17.4. The summed E-state index contributed by atoms with van der Waals surface area (Å²) in [5.74, 6) is -3.98. The Morgan fingerprint density at radius 3 is 1.93 bits per heavy atom. The van der Waals surface area contributed by atoms with E-state index in [2.05, 4.69) is 5.28 Å². The Kier molecular flexibility index (Phi) is 7.86. The molecule has 0 bridgehead atoms. The molecular formula is C29H20N5O11+. The Bertz CT molecular complexity index is 1940. The predicted molar refractivity (Wildman–Crippen MR) is 150 cm³/mol. The molecule has 0 aliphatic heterocycles. The van der Waals surface area contributed by atoms with E-state index in [0.717, 1.165) is 11.1 Å². The molecule has 4 aromatic carbocycles. The summed E-state index contributed by atoms with van der Waals surface area (Å²) < 4.78 is 11.3. The maximum atomic E-state index is 13.9. The molecule has 16 nitrogen and oxygen atoms in total. The lowest BCUT2D eigenvalue weighted by molar-refractivity contribution is -0.933. The summed E-state index contributed by atoms with van der Waals surface area (Å²) in [6.07, 6.45) is 0. The van der Waals surface area contributed by atoms with Crippen LogP contribution in [-0.2, 0) is 0 Å². The molecule has 4 aromatic rings. The number of esters is 1. The minimum absolute atomic E-state index is 0.0453. The van der Waals surface area contributed by atoms with Crippen molar-refractivity contribution in [3.63, 3.8) is 0 Å². The van der Waals surface area contributed by atoms with E-state index >= 15 is 0 Å². The monoisotopic (exact) mass is 614 g/mol. The largest absolute Gasteiger partial charge is 0.449 e. The summed E-state index contributed by atoms with van der Waals surface area (Å²) in [5, 5.41) is 37.6. The molecule has 0 atom stereocenters. The van der Waals surface area contributed by atoms with E-state index < -0.39 is 50.3 Å². The van der Waals surface area contributed by atoms with Gasteiger partial charge < -0.3 is 9.47 Å². The SMILES string of the molecule is CN(C)/[N+](O)=N/Oc1cc(Oc2cccc3c2C(=O)c2c(OC(=O)c4ccccc4)cccc2C3=O)c([N+](=O)[O-])cc1[N+](=O)[O-]. The number of nitro benzene ring substituents is 2. The Morgan fingerprint density at radius 1 is 0.756 bits per heavy atom. The van der Waals surface area contributed by atoms with Crippen molar-refractivity contribution in [1.82, 2.24) is 5.01 Å². The van der Waals surface area contributed by atoms with Crippen molar-refractivity contribution in [3.8, 4) is 23.0 Å². The van der Waals surface area contributed by atoms with Crippen LogP contribution in [-0.4, -0.2) is 56.7 Å². The Morgan fingerprint density at radius 2 is 1.33 bits per heavy atom. The number of ether oxygens (including phenoxy) is 2. The quantitative estimate of drug-likeness (QED) is 0.0587. The molecule has 0 saturated heterocycles. The summed E-state index contributed by atoms with van der Waals surface area (Å²) in [4.78, 5) is 67.0. The molecule has 0 spiro atoms. The van der Waals surface area contributed by atoms with Crippen molar-refractivity contribution in [2.75, 3.05) is 14.1 Å². The number of nitrogens with zero attached hydrogens (tertiary/aromatic N) is 5. The van der Waals surface area contributed by atoms with Crippen LogP contribution >= 0.6 is 0 Å². The molecule has 45 heavy (non-hydrogen) atoms. The highest BCUT2D eigenvalue weighted by Crippen LogP contribution is 2.44. The summed E-state index contributed by atoms with van der Waals surface area (Å²) in [7, 11) is 2.74. The molecule has 0 amide bonds. The topological polar surface area (TPSA) is 204 Å². The molecule has 1 aliphatic carbocycles. The zero-order valence-electron chi connectivity index (χ0n) is 23.3. The molecule has 5 rings (SSSR count). The maximum absolute atomic E-state index is 13.9. The molecule has 0 saturated carbocycles. The van der Waals surface area contributed by atoms with Gasteiger partial charge >= 0.3 is 17.3 Å². The Balaban J connectivity index is 1.59. The lowest BCUT2D eigenvalue weighted by atomic mass is 9.83. The van der Waals surface area contributed by atoms with Gasteiger partial charge in [0.15, 0.2) is 5.78 Å². The lowest BCUT2D eigenvalue weighted by Crippen LogP contribution is -2.23. The average Bonchev–Trinajstić information content (AvgIpc) is 3.02. The molecule has 0 heterocycles. The van der Waals surface area contributed by atoms with E-state index in [1.165, 1.54) is 62.6 Å². The number of carbonyl (C=O) groups excluding carboxylic acids is 3. The van der Waals surface area contributed by atoms with E-state index in [-0.39, 0.29) is 44.3 Å². The standard InChI is InChI=1S/C29H20N5O11/c1-31(2)34(42)30-45-24-15-23(19(32(38)39)14-20(24)33(40)41)43-21-12-6-10-17-25(21)28(36)26-18(27(17)35)11-7-13-22(26)44-29(37)16-8-4-3-5-9-16/h3-15H,1-2H3,(H,30,42)/q+1. The first-order chi connectivity index (χ1) is 21.5. The van der Waals surface area contributed by atoms with Gasteiger partial charge in [0.1, 0.15) is 17.6 Å². The highest BCUT2D eigenvalue weighted by Gasteiger charge is 2.36. The number of fused-ring (bicyclic) bond motifs is 2. The van der Waals surface area contributed by atoms with E-state index in [1.807, 2.05) is 0 Å². The number of ketones is 2. The van der Waals surface area contributed by atoms with Crippen molar-refractivity contribution in [1.29, 1.82) is 0 Å². The van der Waals surface area contributed by atoms with Gasteiger partial charge in [0.25, 0.3) is 10.2 Å². The van der Waals surface area contributed by atoms with Crippen LogP contribution in [0.1, 0.15) is 42.2 Å². The average molecular weight is 615 g/mol. The highest BCUT2D eigenvalue weighted by molar-refractivity contribution is 6.30. The van der Waals surface area contributed by atoms with E-state index in [1.54, 1.807) is 18.2 Å². The van der Waals surface area contributed by atoms with Crippen LogP contribution in [0.25, 0.3) is 0 Å². The van der Waals surface area contributed by atoms with E-state index in [0.29, 0.717) is 6.07 Å². The van der Waals surface area contributed by atoms with Gasteiger partial charge in [-0.25, -0.2) is 10.0 Å². The van der Waals surface area contributed by atoms with Gasteiger partial charge in [-0.15, -0.1) is 5.01 Å². The maximum Gasteiger partial charge on any atom is 0.343 e. The van der Waals surface area contributed by atoms with Crippen molar-refractivity contribution in [2.24, 2.45) is 5.28 Å². The van der Waals surface area contributed by atoms with E-state index in [4.69, 9.17) is 14.3 Å². The first-order valence-corrected chi connectivity index (χ1v) is 12.8. The number of hydrogen-bond donors (Lipinski definition) is 1. The molecule has 226 valence electrons. The summed E-state index contributed by atoms with van der Waals surface area (Å²) in [5.41, 5.74) is -2.25. The van der Waals surface area contributed by atoms with Gasteiger partial charge in [0, 0.05) is 17.2 Å². The fraction of sp³-hybridized carbons (Fsp3) is 0.0690. The minimum Gasteiger partial charge on any atom is -0.449 e. The molecular weight excluding hydrogens is 594 g/mol. The zero-order chi connectivity index (χ0) is 32.4. The number of hydrazine groups is 1. The van der Waals surface area contributed by atoms with Gasteiger partial charge in [-0.05, 0) is 24.3 Å². The number of benzene rings is 4. The summed E-state index contributed by atoms with van der Waals surface area (Å²) >= 11 is 0. The highest BCUT2D eigenvalue weighted by atomic mass is 16.7. The molecule has 1 aliphatic rings. The molecule has 0 unspecified atom stereocenters. The van der Waals surface area contributed by atoms with Crippen LogP contribution in [0, 0.1) is 20.2 Å². The van der Waals surface area contributed by atoms with Crippen LogP contribution in [0.2, 0.25) is 0 Å². The number of carbonyl (C=O) groups is 3. The first-order valence-electron chi connectivity index (χ1n) is 12.8.